The Morgan fingerprint density at radius 1 is 0.952 bits per heavy atom. The molecule has 0 radical (unpaired) electrons. The third-order valence-electron chi connectivity index (χ3n) is 6.37. The van der Waals surface area contributed by atoms with Crippen LogP contribution >= 0.6 is 15.6 Å². The molecule has 0 amide bonds. The van der Waals surface area contributed by atoms with Gasteiger partial charge in [0.25, 0.3) is 0 Å². The van der Waals surface area contributed by atoms with Gasteiger partial charge in [-0.1, -0.05) is 0 Å². The number of nitrogen functional groups attached to an aromatic ring is 1. The van der Waals surface area contributed by atoms with Gasteiger partial charge in [-0.15, -0.1) is 0 Å². The van der Waals surface area contributed by atoms with Gasteiger partial charge >= 0.3 is 15.6 Å². The highest BCUT2D eigenvalue weighted by Gasteiger charge is 2.48. The van der Waals surface area contributed by atoms with Gasteiger partial charge in [0.05, 0.1) is 31.7 Å². The Bertz CT molecular complexity index is 1320. The molecule has 9 N–H and O–H groups in total. The highest BCUT2D eigenvalue weighted by molar-refractivity contribution is 7.61. The van der Waals surface area contributed by atoms with Crippen LogP contribution < -0.4 is 5.73 Å². The van der Waals surface area contributed by atoms with Crippen molar-refractivity contribution in [3.8, 4) is 0 Å². The number of rotatable bonds is 13. The Hall–Kier alpha value is -1.71. The molecule has 2 aliphatic rings. The van der Waals surface area contributed by atoms with E-state index >= 15 is 0 Å². The summed E-state index contributed by atoms with van der Waals surface area (Å²) in [6.45, 7) is 1.36. The van der Waals surface area contributed by atoms with Gasteiger partial charge < -0.3 is 55.3 Å². The van der Waals surface area contributed by atoms with Crippen LogP contribution in [0.3, 0.4) is 0 Å². The molecule has 0 aliphatic carbocycles. The first-order valence-corrected chi connectivity index (χ1v) is 15.5. The van der Waals surface area contributed by atoms with Crippen molar-refractivity contribution < 1.29 is 72.0 Å². The summed E-state index contributed by atoms with van der Waals surface area (Å²) >= 11 is 0. The average Bonchev–Trinajstić information content (AvgIpc) is 3.52. The lowest BCUT2D eigenvalue weighted by Gasteiger charge is -2.22. The highest BCUT2D eigenvalue weighted by atomic mass is 31.3. The Morgan fingerprint density at radius 3 is 2.17 bits per heavy atom. The number of imidazole rings is 1. The number of aromatic nitrogens is 4. The second kappa shape index (κ2) is 13.1. The van der Waals surface area contributed by atoms with Crippen LogP contribution in [0.2, 0.25) is 0 Å². The maximum atomic E-state index is 12.4. The Morgan fingerprint density at radius 2 is 1.55 bits per heavy atom. The van der Waals surface area contributed by atoms with Crippen LogP contribution in [0.5, 0.6) is 0 Å². The van der Waals surface area contributed by atoms with E-state index in [-0.39, 0.29) is 23.4 Å². The van der Waals surface area contributed by atoms with Gasteiger partial charge in [0, 0.05) is 0 Å². The van der Waals surface area contributed by atoms with Gasteiger partial charge in [0.2, 0.25) is 0 Å². The van der Waals surface area contributed by atoms with Crippen molar-refractivity contribution in [3.05, 3.63) is 12.7 Å². The predicted molar refractivity (Wildman–Crippen MR) is 136 cm³/mol. The molecular formula is C20H33N5O15P2. The highest BCUT2D eigenvalue weighted by Crippen LogP contribution is 2.60. The minimum Gasteiger partial charge on any atom is -0.393 e. The molecule has 0 spiro atoms. The van der Waals surface area contributed by atoms with Gasteiger partial charge in [-0.25, -0.2) is 24.1 Å². The molecule has 12 atom stereocenters. The maximum absolute atomic E-state index is 12.4. The number of phosphoric ester groups is 2. The van der Waals surface area contributed by atoms with Crippen molar-refractivity contribution in [3.63, 3.8) is 0 Å². The molecule has 2 fully saturated rings. The molecule has 2 aromatic rings. The molecule has 238 valence electrons. The molecule has 0 aromatic carbocycles. The molecule has 0 saturated carbocycles. The van der Waals surface area contributed by atoms with Crippen molar-refractivity contribution >= 4 is 32.6 Å². The van der Waals surface area contributed by atoms with Crippen molar-refractivity contribution in [1.29, 1.82) is 0 Å². The van der Waals surface area contributed by atoms with E-state index in [1.54, 1.807) is 6.92 Å². The number of hydrogen-bond acceptors (Lipinski definition) is 17. The molecule has 4 unspecified atom stereocenters. The van der Waals surface area contributed by atoms with E-state index in [4.69, 9.17) is 24.5 Å². The number of hydrogen-bond donors (Lipinski definition) is 8. The van der Waals surface area contributed by atoms with Gasteiger partial charge in [-0.05, 0) is 20.3 Å². The quantitative estimate of drug-likeness (QED) is 0.108. The van der Waals surface area contributed by atoms with E-state index in [1.807, 2.05) is 0 Å². The summed E-state index contributed by atoms with van der Waals surface area (Å²) in [6.07, 6.45) is -10.5. The number of aliphatic hydroxyl groups is 5. The van der Waals surface area contributed by atoms with Gasteiger partial charge in [-0.3, -0.25) is 13.6 Å². The van der Waals surface area contributed by atoms with Crippen LogP contribution in [0.1, 0.15) is 26.5 Å². The fraction of sp³-hybridized carbons (Fsp3) is 0.750. The fourth-order valence-corrected chi connectivity index (χ4v) is 6.49. The van der Waals surface area contributed by atoms with E-state index in [9.17, 15) is 44.4 Å². The van der Waals surface area contributed by atoms with E-state index in [2.05, 4.69) is 23.8 Å². The van der Waals surface area contributed by atoms with Crippen molar-refractivity contribution in [1.82, 2.24) is 19.5 Å². The maximum Gasteiger partial charge on any atom is 0.481 e. The molecule has 0 bridgehead atoms. The lowest BCUT2D eigenvalue weighted by molar-refractivity contribution is -0.193. The van der Waals surface area contributed by atoms with Gasteiger partial charge in [0.1, 0.15) is 48.5 Å². The average molecular weight is 645 g/mol. The molecular weight excluding hydrogens is 612 g/mol. The monoisotopic (exact) mass is 645 g/mol. The SMILES string of the molecule is CC(O)CC(C)O[C@@H]1O[C@H](COP(=O)(O)OP(=O)(O)OC[C@H]2O[C@@H](n3cnc4c(N)ncnc43)[C@H](O)[C@@H]2O)[C@@H](O)[C@H]1O. The summed E-state index contributed by atoms with van der Waals surface area (Å²) in [5.41, 5.74) is 6.12. The van der Waals surface area contributed by atoms with E-state index in [0.29, 0.717) is 0 Å². The number of nitrogens with two attached hydrogens (primary N) is 1. The molecule has 2 saturated heterocycles. The Balaban J connectivity index is 1.29. The van der Waals surface area contributed by atoms with Crippen molar-refractivity contribution in [2.45, 2.75) is 81.6 Å². The van der Waals surface area contributed by atoms with E-state index in [0.717, 1.165) is 6.33 Å². The normalized spacial score (nSPS) is 34.3. The number of anilines is 1. The molecule has 22 heteroatoms. The summed E-state index contributed by atoms with van der Waals surface area (Å²) in [4.78, 5) is 31.7. The predicted octanol–water partition coefficient (Wildman–Crippen LogP) is -2.10. The summed E-state index contributed by atoms with van der Waals surface area (Å²) in [5.74, 6) is 0.0568. The van der Waals surface area contributed by atoms with E-state index in [1.165, 1.54) is 17.8 Å². The number of phosphoric acid groups is 2. The minimum atomic E-state index is -5.34. The first-order valence-electron chi connectivity index (χ1n) is 12.5. The lowest BCUT2D eigenvalue weighted by atomic mass is 10.1. The van der Waals surface area contributed by atoms with Crippen LogP contribution in [0.25, 0.3) is 11.2 Å². The number of fused-ring (bicyclic) bond motifs is 1. The second-order valence-corrected chi connectivity index (χ2v) is 12.8. The Labute approximate surface area is 237 Å². The van der Waals surface area contributed by atoms with Crippen LogP contribution in [0.15, 0.2) is 12.7 Å². The van der Waals surface area contributed by atoms with Crippen LogP contribution in [0.4, 0.5) is 5.82 Å². The van der Waals surface area contributed by atoms with Crippen molar-refractivity contribution in [2.24, 2.45) is 0 Å². The molecule has 4 heterocycles. The topological polar surface area (TPSA) is 301 Å². The smallest absolute Gasteiger partial charge is 0.393 e. The fourth-order valence-electron chi connectivity index (χ4n) is 4.40. The standard InChI is InChI=1S/C20H33N5O15P2/c1-8(26)3-9(2)37-20-16(30)14(28)11(39-20)5-36-42(33,34)40-41(31,32)35-4-10-13(27)15(29)19(38-10)25-7-24-12-17(21)22-6-23-18(12)25/h6-11,13-16,19-20,26-30H,3-5H2,1-2H3,(H,31,32)(H,33,34)(H2,21,22,23)/t8?,9?,10-,11-,13-,14-,15-,16-,19-,20-/m1/s1. The number of aliphatic hydroxyl groups excluding tert-OH is 5. The molecule has 4 rings (SSSR count). The third kappa shape index (κ3) is 7.68. The first-order chi connectivity index (χ1) is 19.6. The zero-order chi connectivity index (χ0) is 31.0. The number of nitrogens with zero attached hydrogens (tertiary/aromatic N) is 4. The number of ether oxygens (including phenoxy) is 3. The molecule has 2 aromatic heterocycles. The van der Waals surface area contributed by atoms with Gasteiger partial charge in [-0.2, -0.15) is 4.31 Å². The molecule has 2 aliphatic heterocycles. The van der Waals surface area contributed by atoms with Gasteiger partial charge in [0.15, 0.2) is 24.0 Å². The lowest BCUT2D eigenvalue weighted by Crippen LogP contribution is -2.36. The summed E-state index contributed by atoms with van der Waals surface area (Å²) in [7, 11) is -10.7. The van der Waals surface area contributed by atoms with E-state index < -0.39 is 90.2 Å². The molecule has 42 heavy (non-hydrogen) atoms. The zero-order valence-electron chi connectivity index (χ0n) is 22.2. The van der Waals surface area contributed by atoms with Crippen LogP contribution in [-0.2, 0) is 36.7 Å². The van der Waals surface area contributed by atoms with Crippen LogP contribution in [-0.4, -0.2) is 123 Å². The zero-order valence-corrected chi connectivity index (χ0v) is 24.0. The van der Waals surface area contributed by atoms with Crippen LogP contribution in [0, 0.1) is 0 Å². The molecule has 20 nitrogen and oxygen atoms in total. The summed E-state index contributed by atoms with van der Waals surface area (Å²) in [5, 5.41) is 50.6. The first kappa shape index (κ1) is 33.2. The minimum absolute atomic E-state index is 0.0568. The van der Waals surface area contributed by atoms with Crippen molar-refractivity contribution in [2.75, 3.05) is 18.9 Å². The summed E-state index contributed by atoms with van der Waals surface area (Å²) in [6, 6.07) is 0. The second-order valence-electron chi connectivity index (χ2n) is 9.80. The Kier molecular flexibility index (Phi) is 10.4. The largest absolute Gasteiger partial charge is 0.481 e. The third-order valence-corrected chi connectivity index (χ3v) is 8.97. The summed E-state index contributed by atoms with van der Waals surface area (Å²) < 4.78 is 55.8.